The maximum atomic E-state index is 11.4. The summed E-state index contributed by atoms with van der Waals surface area (Å²) in [6, 6.07) is 7.04. The number of aliphatic carboxylic acids is 1. The van der Waals surface area contributed by atoms with E-state index < -0.39 is 11.4 Å². The van der Waals surface area contributed by atoms with Crippen LogP contribution in [0.5, 0.6) is 0 Å². The van der Waals surface area contributed by atoms with E-state index in [0.29, 0.717) is 16.5 Å². The molecule has 1 aliphatic carbocycles. The van der Waals surface area contributed by atoms with Gasteiger partial charge in [-0.25, -0.2) is 0 Å². The van der Waals surface area contributed by atoms with Gasteiger partial charge in [0.05, 0.1) is 5.41 Å². The molecule has 1 atom stereocenters. The summed E-state index contributed by atoms with van der Waals surface area (Å²) >= 11 is 12.0. The highest BCUT2D eigenvalue weighted by molar-refractivity contribution is 6.49. The summed E-state index contributed by atoms with van der Waals surface area (Å²) in [4.78, 5) is 11.4. The largest absolute Gasteiger partial charge is 0.481 e. The lowest BCUT2D eigenvalue weighted by Crippen LogP contribution is -2.18. The molecule has 0 saturated heterocycles. The van der Waals surface area contributed by atoms with Gasteiger partial charge in [0.1, 0.15) is 0 Å². The smallest absolute Gasteiger partial charge is 0.314 e. The SMILES string of the molecule is CC1(C)CC1(/C=C(\Cl)c1ccc(Cl)cc1)C(=O)O. The molecule has 1 unspecified atom stereocenters. The molecule has 4 heteroatoms. The van der Waals surface area contributed by atoms with E-state index in [-0.39, 0.29) is 5.41 Å². The molecule has 0 aliphatic heterocycles. The highest BCUT2D eigenvalue weighted by Gasteiger charge is 2.65. The lowest BCUT2D eigenvalue weighted by molar-refractivity contribution is -0.142. The quantitative estimate of drug-likeness (QED) is 0.892. The Balaban J connectivity index is 2.34. The predicted octanol–water partition coefficient (Wildman–Crippen LogP) is 4.42. The molecule has 1 aromatic carbocycles. The molecule has 1 N–H and O–H groups in total. The standard InChI is InChI=1S/C14H14Cl2O2/c1-13(2)8-14(13,12(17)18)7-11(16)9-3-5-10(15)6-4-9/h3-7H,8H2,1-2H3,(H,17,18)/b11-7-. The molecule has 18 heavy (non-hydrogen) atoms. The van der Waals surface area contributed by atoms with E-state index in [1.54, 1.807) is 30.3 Å². The Morgan fingerprint density at radius 2 is 1.83 bits per heavy atom. The molecule has 1 fully saturated rings. The van der Waals surface area contributed by atoms with Gasteiger partial charge in [-0.05, 0) is 35.6 Å². The van der Waals surface area contributed by atoms with Crippen LogP contribution in [0.1, 0.15) is 25.8 Å². The summed E-state index contributed by atoms with van der Waals surface area (Å²) in [6.07, 6.45) is 2.26. The van der Waals surface area contributed by atoms with E-state index in [2.05, 4.69) is 0 Å². The lowest BCUT2D eigenvalue weighted by atomic mass is 9.94. The van der Waals surface area contributed by atoms with Crippen molar-refractivity contribution >= 4 is 34.2 Å². The number of carbonyl (C=O) groups is 1. The van der Waals surface area contributed by atoms with E-state index in [0.717, 1.165) is 5.56 Å². The van der Waals surface area contributed by atoms with Gasteiger partial charge in [0, 0.05) is 10.1 Å². The molecule has 0 spiro atoms. The topological polar surface area (TPSA) is 37.3 Å². The van der Waals surface area contributed by atoms with Gasteiger partial charge in [-0.1, -0.05) is 49.2 Å². The number of halogens is 2. The summed E-state index contributed by atoms with van der Waals surface area (Å²) < 4.78 is 0. The first-order chi connectivity index (χ1) is 8.28. The molecule has 2 nitrogen and oxygen atoms in total. The van der Waals surface area contributed by atoms with Crippen molar-refractivity contribution in [2.24, 2.45) is 10.8 Å². The van der Waals surface area contributed by atoms with Crippen LogP contribution >= 0.6 is 23.2 Å². The van der Waals surface area contributed by atoms with Crippen LogP contribution in [0, 0.1) is 10.8 Å². The van der Waals surface area contributed by atoms with Crippen molar-refractivity contribution in [3.63, 3.8) is 0 Å². The third-order valence-corrected chi connectivity index (χ3v) is 4.26. The van der Waals surface area contributed by atoms with Crippen molar-refractivity contribution in [3.05, 3.63) is 40.9 Å². The average Bonchev–Trinajstić information content (AvgIpc) is 2.82. The van der Waals surface area contributed by atoms with E-state index >= 15 is 0 Å². The first kappa shape index (κ1) is 13.4. The van der Waals surface area contributed by atoms with Crippen molar-refractivity contribution in [2.45, 2.75) is 20.3 Å². The van der Waals surface area contributed by atoms with Gasteiger partial charge in [-0.2, -0.15) is 0 Å². The fourth-order valence-electron chi connectivity index (χ4n) is 2.23. The molecule has 2 rings (SSSR count). The zero-order valence-corrected chi connectivity index (χ0v) is 11.7. The molecule has 0 heterocycles. The van der Waals surface area contributed by atoms with Crippen molar-refractivity contribution in [1.82, 2.24) is 0 Å². The van der Waals surface area contributed by atoms with Crippen molar-refractivity contribution in [3.8, 4) is 0 Å². The van der Waals surface area contributed by atoms with E-state index in [1.807, 2.05) is 13.8 Å². The Labute approximate surface area is 116 Å². The van der Waals surface area contributed by atoms with Crippen LogP contribution in [-0.4, -0.2) is 11.1 Å². The fourth-order valence-corrected chi connectivity index (χ4v) is 2.67. The van der Waals surface area contributed by atoms with Crippen LogP contribution in [0.4, 0.5) is 0 Å². The molecule has 0 aromatic heterocycles. The van der Waals surface area contributed by atoms with E-state index in [4.69, 9.17) is 23.2 Å². The van der Waals surface area contributed by atoms with Gasteiger partial charge in [-0.15, -0.1) is 0 Å². The van der Waals surface area contributed by atoms with Crippen molar-refractivity contribution in [1.29, 1.82) is 0 Å². The zero-order chi connectivity index (χ0) is 13.6. The molecule has 1 aromatic rings. The van der Waals surface area contributed by atoms with Crippen LogP contribution in [0.3, 0.4) is 0 Å². The molecular weight excluding hydrogens is 271 g/mol. The Bertz CT molecular complexity index is 517. The second-order valence-electron chi connectivity index (χ2n) is 5.34. The third-order valence-electron chi connectivity index (χ3n) is 3.68. The van der Waals surface area contributed by atoms with Crippen molar-refractivity contribution < 1.29 is 9.90 Å². The molecule has 0 amide bonds. The number of hydrogen-bond acceptors (Lipinski definition) is 1. The van der Waals surface area contributed by atoms with Crippen LogP contribution in [0.25, 0.3) is 5.03 Å². The number of rotatable bonds is 3. The van der Waals surface area contributed by atoms with Crippen LogP contribution in [-0.2, 0) is 4.79 Å². The van der Waals surface area contributed by atoms with Gasteiger partial charge in [-0.3, -0.25) is 4.79 Å². The predicted molar refractivity (Wildman–Crippen MR) is 73.7 cm³/mol. The van der Waals surface area contributed by atoms with Crippen LogP contribution in [0.15, 0.2) is 30.3 Å². The molecule has 96 valence electrons. The average molecular weight is 285 g/mol. The first-order valence-corrected chi connectivity index (χ1v) is 6.42. The molecule has 1 aliphatic rings. The van der Waals surface area contributed by atoms with Gasteiger partial charge < -0.3 is 5.11 Å². The second kappa shape index (κ2) is 4.29. The van der Waals surface area contributed by atoms with Gasteiger partial charge in [0.15, 0.2) is 0 Å². The van der Waals surface area contributed by atoms with Crippen LogP contribution in [0.2, 0.25) is 5.02 Å². The summed E-state index contributed by atoms with van der Waals surface area (Å²) in [6.45, 7) is 3.87. The Morgan fingerprint density at radius 3 is 2.22 bits per heavy atom. The van der Waals surface area contributed by atoms with E-state index in [9.17, 15) is 9.90 Å². The summed E-state index contributed by atoms with van der Waals surface area (Å²) in [5, 5.41) is 10.4. The van der Waals surface area contributed by atoms with E-state index in [1.165, 1.54) is 0 Å². The zero-order valence-electron chi connectivity index (χ0n) is 10.2. The maximum absolute atomic E-state index is 11.4. The highest BCUT2D eigenvalue weighted by Crippen LogP contribution is 2.65. The summed E-state index contributed by atoms with van der Waals surface area (Å²) in [5.74, 6) is -0.820. The first-order valence-electron chi connectivity index (χ1n) is 5.66. The molecule has 1 saturated carbocycles. The maximum Gasteiger partial charge on any atom is 0.314 e. The van der Waals surface area contributed by atoms with Crippen LogP contribution < -0.4 is 0 Å². The minimum Gasteiger partial charge on any atom is -0.481 e. The fraction of sp³-hybridized carbons (Fsp3) is 0.357. The lowest BCUT2D eigenvalue weighted by Gasteiger charge is -2.12. The van der Waals surface area contributed by atoms with Crippen molar-refractivity contribution in [2.75, 3.05) is 0 Å². The Hall–Kier alpha value is -0.990. The molecular formula is C14H14Cl2O2. The number of carboxylic acids is 1. The summed E-state index contributed by atoms with van der Waals surface area (Å²) in [7, 11) is 0. The Morgan fingerprint density at radius 1 is 1.33 bits per heavy atom. The Kier molecular flexibility index (Phi) is 3.20. The number of benzene rings is 1. The minimum absolute atomic E-state index is 0.245. The van der Waals surface area contributed by atoms with Gasteiger partial charge in [0.25, 0.3) is 0 Å². The number of carboxylic acid groups (broad SMARTS) is 1. The summed E-state index contributed by atoms with van der Waals surface area (Å²) in [5.41, 5.74) is -0.306. The van der Waals surface area contributed by atoms with Gasteiger partial charge >= 0.3 is 5.97 Å². The third kappa shape index (κ3) is 2.15. The highest BCUT2D eigenvalue weighted by atomic mass is 35.5. The second-order valence-corrected chi connectivity index (χ2v) is 6.18. The molecule has 0 radical (unpaired) electrons. The molecule has 0 bridgehead atoms. The monoisotopic (exact) mass is 284 g/mol. The normalized spacial score (nSPS) is 25.9. The minimum atomic E-state index is -0.844. The number of hydrogen-bond donors (Lipinski definition) is 1. The van der Waals surface area contributed by atoms with Gasteiger partial charge in [0.2, 0.25) is 0 Å².